The van der Waals surface area contributed by atoms with E-state index in [-0.39, 0.29) is 36.2 Å². The number of hydrogen-bond donors (Lipinski definition) is 4. The molecule has 1 aliphatic carbocycles. The monoisotopic (exact) mass is 550 g/mol. The summed E-state index contributed by atoms with van der Waals surface area (Å²) in [5.41, 5.74) is 1.98. The molecule has 4 N–H and O–H groups in total. The van der Waals surface area contributed by atoms with E-state index < -0.39 is 18.1 Å². The van der Waals surface area contributed by atoms with Gasteiger partial charge in [0.2, 0.25) is 17.7 Å². The summed E-state index contributed by atoms with van der Waals surface area (Å²) >= 11 is 0. The number of hydrogen-bond acceptors (Lipinski definition) is 5. The molecular formula is C31H42N4O5. The predicted octanol–water partition coefficient (Wildman–Crippen LogP) is 3.26. The Labute approximate surface area is 236 Å². The van der Waals surface area contributed by atoms with Gasteiger partial charge in [0.15, 0.2) is 0 Å². The molecule has 1 saturated heterocycles. The topological polar surface area (TPSA) is 128 Å². The molecule has 2 fully saturated rings. The number of carbonyl (C=O) groups excluding carboxylic acids is 3. The third kappa shape index (κ3) is 8.14. The van der Waals surface area contributed by atoms with Crippen LogP contribution in [0.2, 0.25) is 0 Å². The van der Waals surface area contributed by atoms with Crippen LogP contribution in [-0.2, 0) is 19.2 Å². The highest BCUT2D eigenvalue weighted by molar-refractivity contribution is 5.93. The van der Waals surface area contributed by atoms with E-state index in [1.807, 2.05) is 60.7 Å². The summed E-state index contributed by atoms with van der Waals surface area (Å²) in [5.74, 6) is -0.363. The van der Waals surface area contributed by atoms with Crippen LogP contribution in [0.15, 0.2) is 60.7 Å². The van der Waals surface area contributed by atoms with Gasteiger partial charge in [0.05, 0.1) is 12.1 Å². The highest BCUT2D eigenvalue weighted by Gasteiger charge is 2.41. The fraction of sp³-hybridized carbons (Fsp3) is 0.484. The van der Waals surface area contributed by atoms with Crippen molar-refractivity contribution in [3.05, 3.63) is 71.8 Å². The van der Waals surface area contributed by atoms with E-state index >= 15 is 0 Å². The Morgan fingerprint density at radius 1 is 0.875 bits per heavy atom. The first-order valence-electron chi connectivity index (χ1n) is 14.2. The molecule has 2 aromatic rings. The summed E-state index contributed by atoms with van der Waals surface area (Å²) in [6.07, 6.45) is 6.50. The lowest BCUT2D eigenvalue weighted by molar-refractivity contribution is -0.143. The SMILES string of the molecule is CN[C@@H](C)C(=O)N[C@@H](C(=O)N1CCC[C@H]1C(=O)NC(c1ccccc1)c1ccccc1)C1CCCCC1.O=CO. The summed E-state index contributed by atoms with van der Waals surface area (Å²) < 4.78 is 0. The quantitative estimate of drug-likeness (QED) is 0.355. The van der Waals surface area contributed by atoms with Crippen molar-refractivity contribution in [3.63, 3.8) is 0 Å². The zero-order chi connectivity index (χ0) is 28.9. The van der Waals surface area contributed by atoms with Crippen LogP contribution >= 0.6 is 0 Å². The zero-order valence-corrected chi connectivity index (χ0v) is 23.4. The van der Waals surface area contributed by atoms with Crippen LogP contribution in [0.5, 0.6) is 0 Å². The molecule has 1 saturated carbocycles. The number of nitrogens with one attached hydrogen (secondary N) is 3. The maximum Gasteiger partial charge on any atom is 0.290 e. The van der Waals surface area contributed by atoms with Crippen LogP contribution in [0.25, 0.3) is 0 Å². The van der Waals surface area contributed by atoms with E-state index in [0.717, 1.165) is 49.7 Å². The van der Waals surface area contributed by atoms with Gasteiger partial charge in [-0.2, -0.15) is 0 Å². The third-order valence-corrected chi connectivity index (χ3v) is 7.90. The second-order valence-corrected chi connectivity index (χ2v) is 10.5. The Morgan fingerprint density at radius 2 is 1.43 bits per heavy atom. The van der Waals surface area contributed by atoms with Gasteiger partial charge in [-0.3, -0.25) is 19.2 Å². The van der Waals surface area contributed by atoms with Crippen molar-refractivity contribution in [2.45, 2.75) is 76.0 Å². The van der Waals surface area contributed by atoms with Gasteiger partial charge >= 0.3 is 0 Å². The minimum atomic E-state index is -0.601. The van der Waals surface area contributed by atoms with Gasteiger partial charge in [0.25, 0.3) is 6.47 Å². The molecule has 1 aliphatic heterocycles. The molecule has 0 radical (unpaired) electrons. The lowest BCUT2D eigenvalue weighted by Crippen LogP contribution is -2.58. The smallest absolute Gasteiger partial charge is 0.290 e. The third-order valence-electron chi connectivity index (χ3n) is 7.90. The second kappa shape index (κ2) is 15.8. The summed E-state index contributed by atoms with van der Waals surface area (Å²) in [7, 11) is 1.73. The fourth-order valence-electron chi connectivity index (χ4n) is 5.63. The van der Waals surface area contributed by atoms with Gasteiger partial charge in [0, 0.05) is 6.54 Å². The average Bonchev–Trinajstić information content (AvgIpc) is 3.50. The predicted molar refractivity (Wildman–Crippen MR) is 153 cm³/mol. The molecule has 9 heteroatoms. The average molecular weight is 551 g/mol. The molecule has 2 aliphatic rings. The molecule has 0 bridgehead atoms. The number of nitrogens with zero attached hydrogens (tertiary/aromatic N) is 1. The lowest BCUT2D eigenvalue weighted by atomic mass is 9.83. The first-order chi connectivity index (χ1) is 19.4. The summed E-state index contributed by atoms with van der Waals surface area (Å²) in [6.45, 7) is 2.07. The first-order valence-corrected chi connectivity index (χ1v) is 14.2. The molecule has 0 aromatic heterocycles. The molecule has 4 rings (SSSR count). The highest BCUT2D eigenvalue weighted by atomic mass is 16.3. The van der Waals surface area contributed by atoms with E-state index in [9.17, 15) is 14.4 Å². The maximum atomic E-state index is 13.9. The van der Waals surface area contributed by atoms with E-state index in [0.29, 0.717) is 13.0 Å². The number of carboxylic acid groups (broad SMARTS) is 1. The van der Waals surface area contributed by atoms with Crippen molar-refractivity contribution in [1.82, 2.24) is 20.9 Å². The molecule has 2 aromatic carbocycles. The number of likely N-dealkylation sites (N-methyl/N-ethyl adjacent to an activating group) is 1. The van der Waals surface area contributed by atoms with Crippen LogP contribution in [0.1, 0.15) is 69.0 Å². The molecule has 216 valence electrons. The lowest BCUT2D eigenvalue weighted by Gasteiger charge is -2.35. The van der Waals surface area contributed by atoms with E-state index in [1.165, 1.54) is 0 Å². The molecular weight excluding hydrogens is 508 g/mol. The normalized spacial score (nSPS) is 18.7. The Balaban J connectivity index is 0.00000141. The fourth-order valence-corrected chi connectivity index (χ4v) is 5.63. The molecule has 3 atom stereocenters. The number of rotatable bonds is 9. The van der Waals surface area contributed by atoms with Crippen LogP contribution in [0, 0.1) is 5.92 Å². The van der Waals surface area contributed by atoms with Crippen LogP contribution in [-0.4, -0.2) is 65.9 Å². The van der Waals surface area contributed by atoms with Crippen molar-refractivity contribution in [2.75, 3.05) is 13.6 Å². The molecule has 40 heavy (non-hydrogen) atoms. The van der Waals surface area contributed by atoms with E-state index in [4.69, 9.17) is 9.90 Å². The number of benzene rings is 2. The minimum absolute atomic E-state index is 0.0972. The van der Waals surface area contributed by atoms with Gasteiger partial charge in [-0.05, 0) is 56.7 Å². The summed E-state index contributed by atoms with van der Waals surface area (Å²) in [6, 6.07) is 18.0. The highest BCUT2D eigenvalue weighted by Crippen LogP contribution is 2.30. The number of likely N-dealkylation sites (tertiary alicyclic amines) is 1. The molecule has 9 nitrogen and oxygen atoms in total. The largest absolute Gasteiger partial charge is 0.483 e. The molecule has 0 spiro atoms. The molecule has 0 unspecified atom stereocenters. The maximum absolute atomic E-state index is 13.9. The number of carbonyl (C=O) groups is 4. The van der Waals surface area contributed by atoms with Crippen molar-refractivity contribution < 1.29 is 24.3 Å². The van der Waals surface area contributed by atoms with Gasteiger partial charge in [-0.15, -0.1) is 0 Å². The Morgan fingerprint density at radius 3 is 1.95 bits per heavy atom. The van der Waals surface area contributed by atoms with Gasteiger partial charge in [-0.25, -0.2) is 0 Å². The zero-order valence-electron chi connectivity index (χ0n) is 23.4. The Kier molecular flexibility index (Phi) is 12.1. The number of amides is 3. The standard InChI is InChI=1S/C30H40N4O3.CH2O2/c1-21(31-2)28(35)33-27(24-17-10-5-11-18-24)30(37)34-20-12-19-25(34)29(36)32-26(22-13-6-3-7-14-22)23-15-8-4-9-16-23;2-1-3/h3-4,6-9,13-16,21,24-27,31H,5,10-12,17-20H2,1-2H3,(H,32,36)(H,33,35);1H,(H,2,3)/t21-,25-,27+;/m0./s1. The van der Waals surface area contributed by atoms with Crippen molar-refractivity contribution in [2.24, 2.45) is 5.92 Å². The minimum Gasteiger partial charge on any atom is -0.483 e. The van der Waals surface area contributed by atoms with Crippen LogP contribution in [0.3, 0.4) is 0 Å². The van der Waals surface area contributed by atoms with Gasteiger partial charge in [0.1, 0.15) is 12.1 Å². The van der Waals surface area contributed by atoms with Crippen molar-refractivity contribution in [1.29, 1.82) is 0 Å². The van der Waals surface area contributed by atoms with Crippen molar-refractivity contribution in [3.8, 4) is 0 Å². The second-order valence-electron chi connectivity index (χ2n) is 10.5. The van der Waals surface area contributed by atoms with Crippen LogP contribution in [0.4, 0.5) is 0 Å². The molecule has 3 amide bonds. The van der Waals surface area contributed by atoms with Gasteiger partial charge < -0.3 is 26.0 Å². The van der Waals surface area contributed by atoms with Crippen molar-refractivity contribution >= 4 is 24.2 Å². The molecule has 1 heterocycles. The summed E-state index contributed by atoms with van der Waals surface area (Å²) in [5, 5.41) is 16.1. The van der Waals surface area contributed by atoms with E-state index in [2.05, 4.69) is 16.0 Å². The Bertz CT molecular complexity index is 1050. The first kappa shape index (κ1) is 30.8. The van der Waals surface area contributed by atoms with Crippen LogP contribution < -0.4 is 16.0 Å². The summed E-state index contributed by atoms with van der Waals surface area (Å²) in [4.78, 5) is 50.5. The van der Waals surface area contributed by atoms with Gasteiger partial charge in [-0.1, -0.05) is 79.9 Å². The Hall–Kier alpha value is -3.72. The van der Waals surface area contributed by atoms with E-state index in [1.54, 1.807) is 18.9 Å².